The maximum Gasteiger partial charge on any atom is 0.573 e. The summed E-state index contributed by atoms with van der Waals surface area (Å²) in [6, 6.07) is 4.50. The van der Waals surface area contributed by atoms with Gasteiger partial charge in [0.25, 0.3) is 0 Å². The summed E-state index contributed by atoms with van der Waals surface area (Å²) >= 11 is 0. The zero-order valence-corrected chi connectivity index (χ0v) is 12.0. The number of rotatable bonds is 7. The summed E-state index contributed by atoms with van der Waals surface area (Å²) in [4.78, 5) is -0.584. The minimum atomic E-state index is -4.97. The Morgan fingerprint density at radius 3 is 2.52 bits per heavy atom. The highest BCUT2D eigenvalue weighted by atomic mass is 32.2. The number of ether oxygens (including phenoxy) is 1. The van der Waals surface area contributed by atoms with E-state index in [0.29, 0.717) is 12.8 Å². The Morgan fingerprint density at radius 2 is 1.95 bits per heavy atom. The minimum Gasteiger partial charge on any atom is -0.404 e. The number of nitrogens with one attached hydrogen (secondary N) is 1. The van der Waals surface area contributed by atoms with Gasteiger partial charge in [-0.25, -0.2) is 13.1 Å². The van der Waals surface area contributed by atoms with E-state index in [1.807, 2.05) is 0 Å². The lowest BCUT2D eigenvalue weighted by atomic mass is 10.2. The van der Waals surface area contributed by atoms with E-state index in [2.05, 4.69) is 9.46 Å². The van der Waals surface area contributed by atoms with Gasteiger partial charge in [-0.1, -0.05) is 12.1 Å². The molecule has 0 aliphatic carbocycles. The van der Waals surface area contributed by atoms with Gasteiger partial charge in [-0.05, 0) is 31.9 Å². The molecule has 2 N–H and O–H groups in total. The molecule has 0 radical (unpaired) electrons. The minimum absolute atomic E-state index is 0.00753. The lowest BCUT2D eigenvalue weighted by Gasteiger charge is -2.14. The predicted octanol–water partition coefficient (Wildman–Crippen LogP) is 2.02. The van der Waals surface area contributed by atoms with Gasteiger partial charge in [0.05, 0.1) is 6.10 Å². The fourth-order valence-electron chi connectivity index (χ4n) is 1.56. The fourth-order valence-corrected chi connectivity index (χ4v) is 2.76. The van der Waals surface area contributed by atoms with Crippen LogP contribution in [0.3, 0.4) is 0 Å². The molecule has 0 saturated heterocycles. The summed E-state index contributed by atoms with van der Waals surface area (Å²) in [6.45, 7) is 1.56. The first kappa shape index (κ1) is 17.7. The zero-order valence-electron chi connectivity index (χ0n) is 11.2. The first-order chi connectivity index (χ1) is 9.62. The molecule has 0 fully saturated rings. The molecule has 21 heavy (non-hydrogen) atoms. The van der Waals surface area contributed by atoms with Crippen molar-refractivity contribution < 1.29 is 31.4 Å². The molecular weight excluding hydrogens is 311 g/mol. The second kappa shape index (κ2) is 7.10. The molecule has 1 atom stereocenters. The maximum atomic E-state index is 12.2. The van der Waals surface area contributed by atoms with E-state index in [-0.39, 0.29) is 6.54 Å². The Kier molecular flexibility index (Phi) is 5.99. The summed E-state index contributed by atoms with van der Waals surface area (Å²) in [5.74, 6) is -0.784. The summed E-state index contributed by atoms with van der Waals surface area (Å²) in [6.07, 6.45) is -4.81. The normalized spacial score (nSPS) is 14.0. The van der Waals surface area contributed by atoms with E-state index < -0.39 is 33.1 Å². The van der Waals surface area contributed by atoms with Crippen molar-refractivity contribution in [2.45, 2.75) is 37.1 Å². The molecule has 1 unspecified atom stereocenters. The van der Waals surface area contributed by atoms with Crippen molar-refractivity contribution in [3.8, 4) is 5.75 Å². The van der Waals surface area contributed by atoms with Gasteiger partial charge in [0.1, 0.15) is 10.6 Å². The lowest BCUT2D eigenvalue weighted by Crippen LogP contribution is -2.27. The third-order valence-corrected chi connectivity index (χ3v) is 3.96. The van der Waals surface area contributed by atoms with Crippen LogP contribution in [0.4, 0.5) is 13.2 Å². The molecule has 120 valence electrons. The topological polar surface area (TPSA) is 75.6 Å². The SMILES string of the molecule is CC(O)CCCNS(=O)(=O)c1ccccc1OC(F)(F)F. The number of hydrogen-bond donors (Lipinski definition) is 2. The van der Waals surface area contributed by atoms with Gasteiger partial charge in [-0.3, -0.25) is 0 Å². The summed E-state index contributed by atoms with van der Waals surface area (Å²) < 4.78 is 66.5. The highest BCUT2D eigenvalue weighted by molar-refractivity contribution is 7.89. The monoisotopic (exact) mass is 327 g/mol. The molecule has 9 heteroatoms. The van der Waals surface area contributed by atoms with Gasteiger partial charge in [-0.2, -0.15) is 0 Å². The quantitative estimate of drug-likeness (QED) is 0.751. The Labute approximate surface area is 120 Å². The molecule has 0 heterocycles. The molecule has 1 aromatic carbocycles. The zero-order chi connectivity index (χ0) is 16.1. The van der Waals surface area contributed by atoms with Gasteiger partial charge in [-0.15, -0.1) is 13.2 Å². The smallest absolute Gasteiger partial charge is 0.404 e. The van der Waals surface area contributed by atoms with Crippen molar-refractivity contribution in [1.29, 1.82) is 0 Å². The van der Waals surface area contributed by atoms with Crippen LogP contribution in [0.2, 0.25) is 0 Å². The molecule has 0 saturated carbocycles. The van der Waals surface area contributed by atoms with Crippen molar-refractivity contribution >= 4 is 10.0 Å². The van der Waals surface area contributed by atoms with Crippen LogP contribution >= 0.6 is 0 Å². The third kappa shape index (κ3) is 6.32. The highest BCUT2D eigenvalue weighted by Gasteiger charge is 2.33. The number of para-hydroxylation sites is 1. The Hall–Kier alpha value is -1.32. The van der Waals surface area contributed by atoms with Crippen molar-refractivity contribution in [3.05, 3.63) is 24.3 Å². The van der Waals surface area contributed by atoms with E-state index in [1.165, 1.54) is 12.1 Å². The van der Waals surface area contributed by atoms with Crippen LogP contribution in [0.1, 0.15) is 19.8 Å². The predicted molar refractivity (Wildman–Crippen MR) is 69.2 cm³/mol. The fraction of sp³-hybridized carbons (Fsp3) is 0.500. The van der Waals surface area contributed by atoms with E-state index in [4.69, 9.17) is 5.11 Å². The van der Waals surface area contributed by atoms with Crippen molar-refractivity contribution in [1.82, 2.24) is 4.72 Å². The van der Waals surface area contributed by atoms with Gasteiger partial charge in [0.2, 0.25) is 10.0 Å². The number of halogens is 3. The Morgan fingerprint density at radius 1 is 1.33 bits per heavy atom. The van der Waals surface area contributed by atoms with E-state index >= 15 is 0 Å². The van der Waals surface area contributed by atoms with Crippen LogP contribution in [0.15, 0.2) is 29.2 Å². The summed E-state index contributed by atoms with van der Waals surface area (Å²) in [7, 11) is -4.12. The highest BCUT2D eigenvalue weighted by Crippen LogP contribution is 2.29. The second-order valence-corrected chi connectivity index (χ2v) is 6.12. The van der Waals surface area contributed by atoms with Gasteiger partial charge in [0.15, 0.2) is 0 Å². The standard InChI is InChI=1S/C12H16F3NO4S/c1-9(17)5-4-8-16-21(18,19)11-7-3-2-6-10(11)20-12(13,14)15/h2-3,6-7,9,16-17H,4-5,8H2,1H3. The number of hydrogen-bond acceptors (Lipinski definition) is 4. The van der Waals surface area contributed by atoms with Crippen molar-refractivity contribution in [3.63, 3.8) is 0 Å². The average Bonchev–Trinajstić information content (AvgIpc) is 2.33. The molecule has 5 nitrogen and oxygen atoms in total. The molecule has 0 bridgehead atoms. The number of aliphatic hydroxyl groups excluding tert-OH is 1. The largest absolute Gasteiger partial charge is 0.573 e. The number of aliphatic hydroxyl groups is 1. The lowest BCUT2D eigenvalue weighted by molar-refractivity contribution is -0.275. The van der Waals surface area contributed by atoms with E-state index in [0.717, 1.165) is 12.1 Å². The van der Waals surface area contributed by atoms with Crippen LogP contribution in [-0.4, -0.2) is 32.5 Å². The second-order valence-electron chi connectivity index (χ2n) is 4.38. The van der Waals surface area contributed by atoms with E-state index in [9.17, 15) is 21.6 Å². The van der Waals surface area contributed by atoms with Crippen LogP contribution in [-0.2, 0) is 10.0 Å². The number of benzene rings is 1. The molecular formula is C12H16F3NO4S. The molecule has 0 aromatic heterocycles. The molecule has 0 aliphatic rings. The molecule has 0 amide bonds. The van der Waals surface area contributed by atoms with Crippen LogP contribution in [0.5, 0.6) is 5.75 Å². The van der Waals surface area contributed by atoms with Gasteiger partial charge in [0, 0.05) is 6.54 Å². The van der Waals surface area contributed by atoms with Crippen LogP contribution in [0, 0.1) is 0 Å². The maximum absolute atomic E-state index is 12.2. The Bertz CT molecular complexity index is 558. The van der Waals surface area contributed by atoms with Crippen LogP contribution < -0.4 is 9.46 Å². The van der Waals surface area contributed by atoms with Crippen molar-refractivity contribution in [2.24, 2.45) is 0 Å². The van der Waals surface area contributed by atoms with Crippen LogP contribution in [0.25, 0.3) is 0 Å². The molecule has 1 aromatic rings. The number of alkyl halides is 3. The summed E-state index contributed by atoms with van der Waals surface area (Å²) in [5.41, 5.74) is 0. The first-order valence-corrected chi connectivity index (χ1v) is 7.62. The molecule has 1 rings (SSSR count). The number of sulfonamides is 1. The average molecular weight is 327 g/mol. The van der Waals surface area contributed by atoms with E-state index in [1.54, 1.807) is 6.92 Å². The summed E-state index contributed by atoms with van der Waals surface area (Å²) in [5, 5.41) is 9.05. The molecule has 0 aliphatic heterocycles. The van der Waals surface area contributed by atoms with Gasteiger partial charge >= 0.3 is 6.36 Å². The Balaban J connectivity index is 2.83. The third-order valence-electron chi connectivity index (χ3n) is 2.46. The first-order valence-electron chi connectivity index (χ1n) is 6.14. The molecule has 0 spiro atoms. The van der Waals surface area contributed by atoms with Crippen molar-refractivity contribution in [2.75, 3.05) is 6.54 Å². The van der Waals surface area contributed by atoms with Gasteiger partial charge < -0.3 is 9.84 Å².